The molecule has 0 saturated carbocycles. The van der Waals surface area contributed by atoms with Gasteiger partial charge in [-0.15, -0.1) is 0 Å². The van der Waals surface area contributed by atoms with Gasteiger partial charge in [-0.3, -0.25) is 0 Å². The first-order valence-corrected chi connectivity index (χ1v) is 7.97. The summed E-state index contributed by atoms with van der Waals surface area (Å²) in [5, 5.41) is 6.56. The monoisotopic (exact) mass is 267 g/mol. The van der Waals surface area contributed by atoms with Crippen LogP contribution in [0, 0.1) is 5.92 Å². The lowest BCUT2D eigenvalue weighted by atomic mass is 9.87. The maximum absolute atomic E-state index is 3.55. The van der Waals surface area contributed by atoms with Crippen LogP contribution in [0.1, 0.15) is 49.4 Å². The quantitative estimate of drug-likeness (QED) is 0.832. The van der Waals surface area contributed by atoms with E-state index in [0.717, 1.165) is 0 Å². The van der Waals surface area contributed by atoms with Gasteiger partial charge >= 0.3 is 0 Å². The minimum atomic E-state index is 0.458. The van der Waals surface area contributed by atoms with Crippen LogP contribution in [0.15, 0.2) is 30.3 Å². The smallest absolute Gasteiger partial charge is 0.0349 e. The molecule has 106 valence electrons. The largest absolute Gasteiger partial charge is 0.313 e. The highest BCUT2D eigenvalue weighted by molar-refractivity contribution is 5.93. The van der Waals surface area contributed by atoms with Gasteiger partial charge in [0.05, 0.1) is 0 Å². The highest BCUT2D eigenvalue weighted by Gasteiger charge is 2.22. The number of benzene rings is 2. The molecule has 1 nitrogen and oxygen atoms in total. The Balaban J connectivity index is 2.12. The molecular weight excluding hydrogens is 242 g/mol. The SMILES string of the molecule is CCCC(C)C(NC)c1ccc2c3c(cccc13)CC2. The van der Waals surface area contributed by atoms with Crippen molar-refractivity contribution in [1.82, 2.24) is 5.32 Å². The average Bonchev–Trinajstić information content (AvgIpc) is 2.88. The number of rotatable bonds is 5. The van der Waals surface area contributed by atoms with Gasteiger partial charge in [0.25, 0.3) is 0 Å². The van der Waals surface area contributed by atoms with Gasteiger partial charge in [0.15, 0.2) is 0 Å². The van der Waals surface area contributed by atoms with E-state index in [4.69, 9.17) is 0 Å². The average molecular weight is 267 g/mol. The summed E-state index contributed by atoms with van der Waals surface area (Å²) in [4.78, 5) is 0. The van der Waals surface area contributed by atoms with Crippen molar-refractivity contribution in [2.24, 2.45) is 5.92 Å². The van der Waals surface area contributed by atoms with Crippen LogP contribution in [0.25, 0.3) is 10.8 Å². The van der Waals surface area contributed by atoms with E-state index in [0.29, 0.717) is 12.0 Å². The third-order valence-corrected chi connectivity index (χ3v) is 4.87. The summed E-state index contributed by atoms with van der Waals surface area (Å²) in [6.07, 6.45) is 4.95. The van der Waals surface area contributed by atoms with Gasteiger partial charge in [-0.1, -0.05) is 50.6 Å². The second kappa shape index (κ2) is 5.57. The molecule has 0 amide bonds. The van der Waals surface area contributed by atoms with Crippen molar-refractivity contribution in [3.05, 3.63) is 47.0 Å². The number of nitrogens with one attached hydrogen (secondary N) is 1. The maximum Gasteiger partial charge on any atom is 0.0349 e. The fourth-order valence-corrected chi connectivity index (χ4v) is 3.91. The van der Waals surface area contributed by atoms with E-state index in [2.05, 4.69) is 56.5 Å². The molecule has 0 aliphatic heterocycles. The van der Waals surface area contributed by atoms with E-state index in [1.54, 1.807) is 0 Å². The standard InChI is InChI=1S/C19H25N/c1-4-6-13(2)19(20-3)17-12-11-15-10-9-14-7-5-8-16(17)18(14)15/h5,7-8,11-13,19-20H,4,6,9-10H2,1-3H3. The molecule has 1 aliphatic carbocycles. The van der Waals surface area contributed by atoms with Crippen molar-refractivity contribution in [2.45, 2.75) is 45.6 Å². The second-order valence-corrected chi connectivity index (χ2v) is 6.19. The van der Waals surface area contributed by atoms with Gasteiger partial charge in [0.2, 0.25) is 0 Å². The van der Waals surface area contributed by atoms with Gasteiger partial charge in [-0.2, -0.15) is 0 Å². The van der Waals surface area contributed by atoms with E-state index < -0.39 is 0 Å². The van der Waals surface area contributed by atoms with Crippen molar-refractivity contribution >= 4 is 10.8 Å². The molecule has 0 saturated heterocycles. The molecule has 3 rings (SSSR count). The Bertz CT molecular complexity index is 604. The van der Waals surface area contributed by atoms with Gasteiger partial charge in [0.1, 0.15) is 0 Å². The zero-order valence-electron chi connectivity index (χ0n) is 12.9. The third kappa shape index (κ3) is 2.14. The first kappa shape index (κ1) is 13.6. The molecule has 2 unspecified atom stereocenters. The van der Waals surface area contributed by atoms with Crippen molar-refractivity contribution in [2.75, 3.05) is 7.05 Å². The van der Waals surface area contributed by atoms with E-state index in [1.807, 2.05) is 0 Å². The number of hydrogen-bond acceptors (Lipinski definition) is 1. The fourth-order valence-electron chi connectivity index (χ4n) is 3.91. The summed E-state index contributed by atoms with van der Waals surface area (Å²) in [6, 6.07) is 12.0. The highest BCUT2D eigenvalue weighted by atomic mass is 14.9. The Hall–Kier alpha value is -1.34. The first-order valence-electron chi connectivity index (χ1n) is 7.97. The minimum Gasteiger partial charge on any atom is -0.313 e. The molecule has 0 fully saturated rings. The van der Waals surface area contributed by atoms with Gasteiger partial charge in [-0.05, 0) is 59.7 Å². The van der Waals surface area contributed by atoms with Crippen LogP contribution in [0.3, 0.4) is 0 Å². The van der Waals surface area contributed by atoms with Gasteiger partial charge in [0, 0.05) is 6.04 Å². The predicted octanol–water partition coefficient (Wildman–Crippen LogP) is 4.64. The molecule has 0 aromatic heterocycles. The molecule has 1 N–H and O–H groups in total. The number of hydrogen-bond donors (Lipinski definition) is 1. The summed E-state index contributed by atoms with van der Waals surface area (Å²) in [5.74, 6) is 0.670. The normalized spacial score (nSPS) is 16.6. The molecule has 20 heavy (non-hydrogen) atoms. The van der Waals surface area contributed by atoms with E-state index in [-0.39, 0.29) is 0 Å². The van der Waals surface area contributed by atoms with Crippen molar-refractivity contribution in [3.63, 3.8) is 0 Å². The third-order valence-electron chi connectivity index (χ3n) is 4.87. The molecule has 0 radical (unpaired) electrons. The van der Waals surface area contributed by atoms with Gasteiger partial charge in [-0.25, -0.2) is 0 Å². The van der Waals surface area contributed by atoms with Crippen LogP contribution in [0.4, 0.5) is 0 Å². The second-order valence-electron chi connectivity index (χ2n) is 6.19. The van der Waals surface area contributed by atoms with E-state index in [9.17, 15) is 0 Å². The van der Waals surface area contributed by atoms with Crippen LogP contribution >= 0.6 is 0 Å². The number of aryl methyl sites for hydroxylation is 2. The molecule has 0 heterocycles. The summed E-state index contributed by atoms with van der Waals surface area (Å²) in [5.41, 5.74) is 4.56. The van der Waals surface area contributed by atoms with Crippen LogP contribution < -0.4 is 5.32 Å². The summed E-state index contributed by atoms with van der Waals surface area (Å²) < 4.78 is 0. The molecule has 2 atom stereocenters. The van der Waals surface area contributed by atoms with Crippen LogP contribution in [0.5, 0.6) is 0 Å². The maximum atomic E-state index is 3.55. The molecule has 1 aliphatic rings. The van der Waals surface area contributed by atoms with Crippen molar-refractivity contribution in [1.29, 1.82) is 0 Å². The lowest BCUT2D eigenvalue weighted by Crippen LogP contribution is -2.23. The topological polar surface area (TPSA) is 12.0 Å². The van der Waals surface area contributed by atoms with Crippen LogP contribution in [0.2, 0.25) is 0 Å². The Morgan fingerprint density at radius 1 is 1.10 bits per heavy atom. The van der Waals surface area contributed by atoms with E-state index >= 15 is 0 Å². The van der Waals surface area contributed by atoms with Crippen LogP contribution in [-0.4, -0.2) is 7.05 Å². The Labute approximate surface area is 122 Å². The minimum absolute atomic E-state index is 0.458. The Morgan fingerprint density at radius 2 is 1.85 bits per heavy atom. The van der Waals surface area contributed by atoms with Gasteiger partial charge < -0.3 is 5.32 Å². The van der Waals surface area contributed by atoms with Crippen molar-refractivity contribution in [3.8, 4) is 0 Å². The predicted molar refractivity (Wildman–Crippen MR) is 87.2 cm³/mol. The molecule has 1 heteroatoms. The fraction of sp³-hybridized carbons (Fsp3) is 0.474. The van der Waals surface area contributed by atoms with E-state index in [1.165, 1.54) is 53.1 Å². The van der Waals surface area contributed by atoms with Crippen molar-refractivity contribution < 1.29 is 0 Å². The lowest BCUT2D eigenvalue weighted by Gasteiger charge is -2.25. The molecule has 2 aromatic rings. The molecule has 0 spiro atoms. The summed E-state index contributed by atoms with van der Waals surface area (Å²) >= 11 is 0. The van der Waals surface area contributed by atoms with Crippen LogP contribution in [-0.2, 0) is 12.8 Å². The summed E-state index contributed by atoms with van der Waals surface area (Å²) in [6.45, 7) is 4.64. The lowest BCUT2D eigenvalue weighted by molar-refractivity contribution is 0.386. The Kier molecular flexibility index (Phi) is 3.80. The molecule has 2 aromatic carbocycles. The first-order chi connectivity index (χ1) is 9.76. The Morgan fingerprint density at radius 3 is 2.55 bits per heavy atom. The zero-order valence-corrected chi connectivity index (χ0v) is 12.9. The highest BCUT2D eigenvalue weighted by Crippen LogP contribution is 2.37. The molecular formula is C19H25N. The molecule has 0 bridgehead atoms. The zero-order chi connectivity index (χ0) is 14.1. The summed E-state index contributed by atoms with van der Waals surface area (Å²) in [7, 11) is 2.10.